The fraction of sp³-hybridized carbons (Fsp3) is 0.588. The fourth-order valence-corrected chi connectivity index (χ4v) is 3.80. The summed E-state index contributed by atoms with van der Waals surface area (Å²) in [4.78, 5) is 14.2. The van der Waals surface area contributed by atoms with E-state index in [2.05, 4.69) is 12.2 Å². The molecule has 1 fully saturated rings. The number of likely N-dealkylation sites (tertiary alicyclic amines) is 1. The summed E-state index contributed by atoms with van der Waals surface area (Å²) >= 11 is 0. The smallest absolute Gasteiger partial charge is 0.321 e. The Kier molecular flexibility index (Phi) is 7.05. The molecule has 0 spiro atoms. The second-order valence-electron chi connectivity index (χ2n) is 6.11. The maximum absolute atomic E-state index is 12.3. The number of piperidine rings is 1. The molecule has 0 bridgehead atoms. The van der Waals surface area contributed by atoms with Crippen molar-refractivity contribution < 1.29 is 13.7 Å². The number of nitrogens with one attached hydrogen (secondary N) is 1. The number of urea groups is 1. The number of hydrogen-bond acceptors (Lipinski definition) is 3. The zero-order chi connectivity index (χ0) is 16.7. The number of anilines is 1. The quantitative estimate of drug-likeness (QED) is 0.868. The maximum atomic E-state index is 12.3. The molecule has 1 N–H and O–H groups in total. The van der Waals surface area contributed by atoms with Gasteiger partial charge in [0.05, 0.1) is 6.61 Å². The van der Waals surface area contributed by atoms with Crippen molar-refractivity contribution in [3.8, 4) is 0 Å². The Morgan fingerprint density at radius 2 is 2.30 bits per heavy atom. The number of rotatable bonds is 6. The van der Waals surface area contributed by atoms with E-state index < -0.39 is 10.8 Å². The standard InChI is InChI=1S/C17H26N2O3S/c1-14-5-4-8-19(12-14)17(20)18-16-7-3-6-15(11-16)13-23(21)10-9-22-2/h3,6-7,11,14H,4-5,8-10,12-13H2,1-2H3,(H,18,20)/t14-,23-/m0/s1. The zero-order valence-corrected chi connectivity index (χ0v) is 14.7. The Hall–Kier alpha value is -1.40. The van der Waals surface area contributed by atoms with Crippen LogP contribution in [0.2, 0.25) is 0 Å². The number of hydrogen-bond donors (Lipinski definition) is 1. The molecule has 1 aromatic carbocycles. The summed E-state index contributed by atoms with van der Waals surface area (Å²) in [7, 11) is 0.657. The number of benzene rings is 1. The minimum absolute atomic E-state index is 0.0470. The lowest BCUT2D eigenvalue weighted by molar-refractivity contribution is 0.182. The number of carbonyl (C=O) groups excluding carboxylic acids is 1. The highest BCUT2D eigenvalue weighted by atomic mass is 32.2. The van der Waals surface area contributed by atoms with Gasteiger partial charge in [0.1, 0.15) is 0 Å². The first-order valence-electron chi connectivity index (χ1n) is 8.07. The first-order valence-corrected chi connectivity index (χ1v) is 9.56. The third kappa shape index (κ3) is 5.95. The average molecular weight is 338 g/mol. The van der Waals surface area contributed by atoms with Crippen LogP contribution < -0.4 is 5.32 Å². The molecular formula is C17H26N2O3S. The van der Waals surface area contributed by atoms with E-state index in [1.807, 2.05) is 29.2 Å². The summed E-state index contributed by atoms with van der Waals surface area (Å²) in [6, 6.07) is 7.54. The van der Waals surface area contributed by atoms with Crippen molar-refractivity contribution in [2.24, 2.45) is 5.92 Å². The van der Waals surface area contributed by atoms with Crippen LogP contribution in [0.1, 0.15) is 25.3 Å². The van der Waals surface area contributed by atoms with Gasteiger partial charge in [-0.15, -0.1) is 0 Å². The second kappa shape index (κ2) is 9.03. The molecule has 5 nitrogen and oxygen atoms in total. The lowest BCUT2D eigenvalue weighted by atomic mass is 10.0. The van der Waals surface area contributed by atoms with Gasteiger partial charge in [0, 0.05) is 48.2 Å². The van der Waals surface area contributed by atoms with Gasteiger partial charge >= 0.3 is 6.03 Å². The van der Waals surface area contributed by atoms with E-state index in [1.54, 1.807) is 7.11 Å². The molecule has 2 atom stereocenters. The lowest BCUT2D eigenvalue weighted by Gasteiger charge is -2.31. The molecule has 2 amide bonds. The zero-order valence-electron chi connectivity index (χ0n) is 13.9. The van der Waals surface area contributed by atoms with Crippen LogP contribution in [0.25, 0.3) is 0 Å². The summed E-state index contributed by atoms with van der Waals surface area (Å²) in [5.74, 6) is 1.57. The summed E-state index contributed by atoms with van der Waals surface area (Å²) in [6.07, 6.45) is 2.25. The predicted octanol–water partition coefficient (Wildman–Crippen LogP) is 2.85. The molecule has 0 unspecified atom stereocenters. The van der Waals surface area contributed by atoms with Gasteiger partial charge in [-0.3, -0.25) is 4.21 Å². The van der Waals surface area contributed by atoms with Crippen molar-refractivity contribution in [2.75, 3.05) is 37.9 Å². The summed E-state index contributed by atoms with van der Waals surface area (Å²) in [6.45, 7) is 4.30. The molecule has 0 aliphatic carbocycles. The van der Waals surface area contributed by atoms with Crippen LogP contribution >= 0.6 is 0 Å². The molecule has 1 aliphatic rings. The normalized spacial score (nSPS) is 19.4. The average Bonchev–Trinajstić information content (AvgIpc) is 2.53. The van der Waals surface area contributed by atoms with E-state index in [9.17, 15) is 9.00 Å². The van der Waals surface area contributed by atoms with Crippen LogP contribution in [0.4, 0.5) is 10.5 Å². The first kappa shape index (κ1) is 17.9. The highest BCUT2D eigenvalue weighted by molar-refractivity contribution is 7.84. The van der Waals surface area contributed by atoms with Gasteiger partial charge in [0.25, 0.3) is 0 Å². The molecule has 0 saturated carbocycles. The van der Waals surface area contributed by atoms with Gasteiger partial charge in [-0.2, -0.15) is 0 Å². The van der Waals surface area contributed by atoms with E-state index in [0.717, 1.165) is 30.8 Å². The van der Waals surface area contributed by atoms with Crippen LogP contribution in [0.3, 0.4) is 0 Å². The molecule has 128 valence electrons. The van der Waals surface area contributed by atoms with Gasteiger partial charge < -0.3 is 15.0 Å². The Balaban J connectivity index is 1.91. The summed E-state index contributed by atoms with van der Waals surface area (Å²) in [5.41, 5.74) is 1.72. The SMILES string of the molecule is COCC[S@](=O)Cc1cccc(NC(=O)N2CCC[C@H](C)C2)c1. The first-order chi connectivity index (χ1) is 11.1. The third-order valence-corrected chi connectivity index (χ3v) is 5.24. The van der Waals surface area contributed by atoms with Crippen LogP contribution in [0.5, 0.6) is 0 Å². The molecule has 1 heterocycles. The van der Waals surface area contributed by atoms with E-state index >= 15 is 0 Å². The van der Waals surface area contributed by atoms with E-state index in [4.69, 9.17) is 4.74 Å². The third-order valence-electron chi connectivity index (χ3n) is 3.97. The number of methoxy groups -OCH3 is 1. The molecule has 0 aromatic heterocycles. The molecule has 2 rings (SSSR count). The number of carbonyl (C=O) groups is 1. The topological polar surface area (TPSA) is 58.6 Å². The van der Waals surface area contributed by atoms with Gasteiger partial charge in [0.15, 0.2) is 0 Å². The number of ether oxygens (including phenoxy) is 1. The van der Waals surface area contributed by atoms with Gasteiger partial charge in [-0.05, 0) is 36.5 Å². The van der Waals surface area contributed by atoms with Crippen LogP contribution in [0, 0.1) is 5.92 Å². The van der Waals surface area contributed by atoms with Crippen molar-refractivity contribution in [3.63, 3.8) is 0 Å². The predicted molar refractivity (Wildman–Crippen MR) is 94.0 cm³/mol. The van der Waals surface area contributed by atoms with Crippen LogP contribution in [-0.2, 0) is 21.3 Å². The summed E-state index contributed by atoms with van der Waals surface area (Å²) in [5, 5.41) is 2.95. The monoisotopic (exact) mass is 338 g/mol. The number of nitrogens with zero attached hydrogens (tertiary/aromatic N) is 1. The summed E-state index contributed by atoms with van der Waals surface area (Å²) < 4.78 is 16.9. The molecular weight excluding hydrogens is 312 g/mol. The van der Waals surface area contributed by atoms with E-state index in [-0.39, 0.29) is 6.03 Å². The molecule has 6 heteroatoms. The molecule has 1 aliphatic heterocycles. The minimum Gasteiger partial charge on any atom is -0.384 e. The van der Waals surface area contributed by atoms with E-state index in [0.29, 0.717) is 24.0 Å². The van der Waals surface area contributed by atoms with Crippen molar-refractivity contribution >= 4 is 22.5 Å². The van der Waals surface area contributed by atoms with Crippen LogP contribution in [0.15, 0.2) is 24.3 Å². The van der Waals surface area contributed by atoms with Crippen molar-refractivity contribution in [2.45, 2.75) is 25.5 Å². The molecule has 1 aromatic rings. The molecule has 23 heavy (non-hydrogen) atoms. The lowest BCUT2D eigenvalue weighted by Crippen LogP contribution is -2.41. The van der Waals surface area contributed by atoms with Gasteiger partial charge in [-0.25, -0.2) is 4.79 Å². The Morgan fingerprint density at radius 3 is 3.04 bits per heavy atom. The Morgan fingerprint density at radius 1 is 1.48 bits per heavy atom. The Bertz CT molecular complexity index is 550. The molecule has 0 radical (unpaired) electrons. The van der Waals surface area contributed by atoms with Gasteiger partial charge in [-0.1, -0.05) is 19.1 Å². The van der Waals surface area contributed by atoms with Crippen LogP contribution in [-0.4, -0.2) is 47.7 Å². The molecule has 1 saturated heterocycles. The Labute approximate surface area is 140 Å². The number of amides is 2. The van der Waals surface area contributed by atoms with Crippen molar-refractivity contribution in [1.29, 1.82) is 0 Å². The fourth-order valence-electron chi connectivity index (χ4n) is 2.75. The van der Waals surface area contributed by atoms with Gasteiger partial charge in [0.2, 0.25) is 0 Å². The highest BCUT2D eigenvalue weighted by Gasteiger charge is 2.20. The highest BCUT2D eigenvalue weighted by Crippen LogP contribution is 2.18. The maximum Gasteiger partial charge on any atom is 0.321 e. The van der Waals surface area contributed by atoms with Crippen molar-refractivity contribution in [3.05, 3.63) is 29.8 Å². The second-order valence-corrected chi connectivity index (χ2v) is 7.68. The minimum atomic E-state index is -0.949. The largest absolute Gasteiger partial charge is 0.384 e. The van der Waals surface area contributed by atoms with E-state index in [1.165, 1.54) is 6.42 Å². The van der Waals surface area contributed by atoms with Crippen molar-refractivity contribution in [1.82, 2.24) is 4.90 Å².